The van der Waals surface area contributed by atoms with Crippen LogP contribution in [0.4, 0.5) is 0 Å². The van der Waals surface area contributed by atoms with Crippen LogP contribution in [0.25, 0.3) is 0 Å². The molecule has 1 aromatic carbocycles. The third-order valence-corrected chi connectivity index (χ3v) is 5.18. The highest BCUT2D eigenvalue weighted by Gasteiger charge is 2.23. The van der Waals surface area contributed by atoms with Crippen molar-refractivity contribution in [3.05, 3.63) is 53.7 Å². The van der Waals surface area contributed by atoms with Gasteiger partial charge in [0.2, 0.25) is 0 Å². The van der Waals surface area contributed by atoms with Gasteiger partial charge in [0.05, 0.1) is 0 Å². The summed E-state index contributed by atoms with van der Waals surface area (Å²) in [6.07, 6.45) is 4.06. The van der Waals surface area contributed by atoms with Crippen LogP contribution in [0, 0.1) is 5.92 Å². The number of nitrogens with zero attached hydrogens (tertiary/aromatic N) is 2. The Morgan fingerprint density at radius 2 is 1.72 bits per heavy atom. The molecule has 5 heteroatoms. The fraction of sp³-hybridized carbons (Fsp3) is 0.542. The number of benzene rings is 1. The van der Waals surface area contributed by atoms with Gasteiger partial charge in [0.15, 0.2) is 11.9 Å². The molecule has 1 atom stereocenters. The molecule has 1 aromatic heterocycles. The van der Waals surface area contributed by atoms with Crippen molar-refractivity contribution in [3.63, 3.8) is 0 Å². The average Bonchev–Trinajstić information content (AvgIpc) is 2.82. The van der Waals surface area contributed by atoms with Gasteiger partial charge in [-0.05, 0) is 61.7 Å². The molecule has 2 aromatic rings. The Morgan fingerprint density at radius 3 is 2.38 bits per heavy atom. The second-order valence-electron chi connectivity index (χ2n) is 6.92. The SMILES string of the molecule is CC.CC.NCC1CCN(Cc2ccc(C3COc4cccnc4O3)cc2)CC1. The number of rotatable bonds is 4. The van der Waals surface area contributed by atoms with E-state index >= 15 is 0 Å². The molecule has 1 fully saturated rings. The first kappa shape index (κ1) is 23.2. The van der Waals surface area contributed by atoms with Crippen molar-refractivity contribution in [2.75, 3.05) is 26.2 Å². The van der Waals surface area contributed by atoms with Crippen molar-refractivity contribution >= 4 is 0 Å². The number of hydrogen-bond acceptors (Lipinski definition) is 5. The first-order valence-corrected chi connectivity index (χ1v) is 11.1. The van der Waals surface area contributed by atoms with Crippen molar-refractivity contribution in [3.8, 4) is 11.6 Å². The van der Waals surface area contributed by atoms with E-state index in [1.54, 1.807) is 6.20 Å². The van der Waals surface area contributed by atoms with E-state index in [1.807, 2.05) is 39.8 Å². The maximum absolute atomic E-state index is 5.97. The third kappa shape index (κ3) is 6.44. The zero-order chi connectivity index (χ0) is 21.1. The summed E-state index contributed by atoms with van der Waals surface area (Å²) >= 11 is 0. The number of piperidine rings is 1. The molecule has 0 amide bonds. The molecule has 0 spiro atoms. The zero-order valence-corrected chi connectivity index (χ0v) is 18.4. The highest BCUT2D eigenvalue weighted by molar-refractivity contribution is 5.35. The average molecular weight is 400 g/mol. The maximum Gasteiger partial charge on any atom is 0.257 e. The van der Waals surface area contributed by atoms with Gasteiger partial charge in [-0.25, -0.2) is 4.98 Å². The Kier molecular flexibility index (Phi) is 9.95. The molecular weight excluding hydrogens is 362 g/mol. The summed E-state index contributed by atoms with van der Waals surface area (Å²) < 4.78 is 11.7. The smallest absolute Gasteiger partial charge is 0.257 e. The third-order valence-electron chi connectivity index (χ3n) is 5.18. The molecule has 4 rings (SSSR count). The van der Waals surface area contributed by atoms with E-state index in [0.717, 1.165) is 37.5 Å². The molecular formula is C24H37N3O2. The number of hydrogen-bond donors (Lipinski definition) is 1. The minimum absolute atomic E-state index is 0.100. The predicted molar refractivity (Wildman–Crippen MR) is 119 cm³/mol. The first-order valence-electron chi connectivity index (χ1n) is 11.1. The van der Waals surface area contributed by atoms with Crippen LogP contribution in [-0.2, 0) is 6.54 Å². The Hall–Kier alpha value is -2.11. The first-order chi connectivity index (χ1) is 14.3. The van der Waals surface area contributed by atoms with Gasteiger partial charge in [-0.15, -0.1) is 0 Å². The van der Waals surface area contributed by atoms with E-state index in [1.165, 1.54) is 18.4 Å². The van der Waals surface area contributed by atoms with E-state index < -0.39 is 0 Å². The van der Waals surface area contributed by atoms with Gasteiger partial charge < -0.3 is 15.2 Å². The number of fused-ring (bicyclic) bond motifs is 1. The zero-order valence-electron chi connectivity index (χ0n) is 18.4. The minimum atomic E-state index is -0.100. The monoisotopic (exact) mass is 399 g/mol. The number of pyridine rings is 1. The molecule has 0 saturated carbocycles. The largest absolute Gasteiger partial charge is 0.484 e. The molecule has 2 N–H and O–H groups in total. The van der Waals surface area contributed by atoms with Crippen LogP contribution in [0.15, 0.2) is 42.6 Å². The molecule has 1 unspecified atom stereocenters. The van der Waals surface area contributed by atoms with Crippen LogP contribution in [0.3, 0.4) is 0 Å². The Labute approximate surface area is 176 Å². The van der Waals surface area contributed by atoms with Gasteiger partial charge >= 0.3 is 0 Å². The van der Waals surface area contributed by atoms with Crippen LogP contribution in [0.2, 0.25) is 0 Å². The molecule has 5 nitrogen and oxygen atoms in total. The fourth-order valence-electron chi connectivity index (χ4n) is 3.55. The lowest BCUT2D eigenvalue weighted by Gasteiger charge is -2.31. The summed E-state index contributed by atoms with van der Waals surface area (Å²) in [4.78, 5) is 6.76. The Balaban J connectivity index is 0.000000707. The van der Waals surface area contributed by atoms with E-state index in [4.69, 9.17) is 15.2 Å². The van der Waals surface area contributed by atoms with Gasteiger partial charge in [0, 0.05) is 12.7 Å². The Morgan fingerprint density at radius 1 is 1.03 bits per heavy atom. The van der Waals surface area contributed by atoms with Gasteiger partial charge in [-0.1, -0.05) is 52.0 Å². The topological polar surface area (TPSA) is 60.6 Å². The molecule has 0 aliphatic carbocycles. The highest BCUT2D eigenvalue weighted by Crippen LogP contribution is 2.34. The van der Waals surface area contributed by atoms with Crippen LogP contribution in [0.5, 0.6) is 11.6 Å². The summed E-state index contributed by atoms with van der Waals surface area (Å²) in [5.74, 6) is 2.00. The second kappa shape index (κ2) is 12.5. The summed E-state index contributed by atoms with van der Waals surface area (Å²) in [7, 11) is 0. The van der Waals surface area contributed by atoms with Gasteiger partial charge in [-0.3, -0.25) is 4.90 Å². The minimum Gasteiger partial charge on any atom is -0.484 e. The molecule has 2 aliphatic heterocycles. The number of ether oxygens (including phenoxy) is 2. The molecule has 1 saturated heterocycles. The summed E-state index contributed by atoms with van der Waals surface area (Å²) in [5, 5.41) is 0. The lowest BCUT2D eigenvalue weighted by Crippen LogP contribution is -2.35. The van der Waals surface area contributed by atoms with Crippen molar-refractivity contribution in [2.45, 2.75) is 53.2 Å². The van der Waals surface area contributed by atoms with Crippen LogP contribution in [-0.4, -0.2) is 36.1 Å². The summed E-state index contributed by atoms with van der Waals surface area (Å²) in [6, 6.07) is 12.4. The normalized spacial score (nSPS) is 18.7. The number of nitrogens with two attached hydrogens (primary N) is 1. The summed E-state index contributed by atoms with van der Waals surface area (Å²) in [5.41, 5.74) is 8.24. The lowest BCUT2D eigenvalue weighted by atomic mass is 9.96. The van der Waals surface area contributed by atoms with Crippen molar-refractivity contribution < 1.29 is 9.47 Å². The molecule has 2 aliphatic rings. The molecule has 0 radical (unpaired) electrons. The van der Waals surface area contributed by atoms with Crippen LogP contribution < -0.4 is 15.2 Å². The van der Waals surface area contributed by atoms with E-state index in [-0.39, 0.29) is 6.10 Å². The maximum atomic E-state index is 5.97. The highest BCUT2D eigenvalue weighted by atomic mass is 16.6. The van der Waals surface area contributed by atoms with E-state index in [2.05, 4.69) is 34.1 Å². The molecule has 0 bridgehead atoms. The molecule has 29 heavy (non-hydrogen) atoms. The fourth-order valence-corrected chi connectivity index (χ4v) is 3.55. The van der Waals surface area contributed by atoms with E-state index in [0.29, 0.717) is 18.4 Å². The molecule has 160 valence electrons. The van der Waals surface area contributed by atoms with Crippen molar-refractivity contribution in [1.82, 2.24) is 9.88 Å². The number of likely N-dealkylation sites (tertiary alicyclic amines) is 1. The van der Waals surface area contributed by atoms with Gasteiger partial charge in [0.25, 0.3) is 5.88 Å². The van der Waals surface area contributed by atoms with Crippen LogP contribution in [0.1, 0.15) is 57.8 Å². The quantitative estimate of drug-likeness (QED) is 0.799. The Bertz CT molecular complexity index is 698. The predicted octanol–water partition coefficient (Wildman–Crippen LogP) is 4.82. The lowest BCUT2D eigenvalue weighted by molar-refractivity contribution is 0.0850. The van der Waals surface area contributed by atoms with Gasteiger partial charge in [-0.2, -0.15) is 0 Å². The van der Waals surface area contributed by atoms with Crippen molar-refractivity contribution in [1.29, 1.82) is 0 Å². The number of aromatic nitrogens is 1. The van der Waals surface area contributed by atoms with Crippen LogP contribution >= 0.6 is 0 Å². The second-order valence-corrected chi connectivity index (χ2v) is 6.92. The summed E-state index contributed by atoms with van der Waals surface area (Å²) in [6.45, 7) is 12.6. The molecule has 3 heterocycles. The standard InChI is InChI=1S/C20H25N3O2.2C2H6/c21-12-15-7-10-23(11-8-15)13-16-3-5-17(6-4-16)19-14-24-18-2-1-9-22-20(18)25-19;2*1-2/h1-6,9,15,19H,7-8,10-14,21H2;2*1-2H3. The van der Waals surface area contributed by atoms with E-state index in [9.17, 15) is 0 Å². The van der Waals surface area contributed by atoms with Gasteiger partial charge in [0.1, 0.15) is 6.61 Å². The van der Waals surface area contributed by atoms with Crippen molar-refractivity contribution in [2.24, 2.45) is 11.7 Å².